The van der Waals surface area contributed by atoms with Gasteiger partial charge >= 0.3 is 0 Å². The van der Waals surface area contributed by atoms with Crippen molar-refractivity contribution in [3.8, 4) is 11.3 Å². The highest BCUT2D eigenvalue weighted by Gasteiger charge is 2.22. The van der Waals surface area contributed by atoms with Gasteiger partial charge in [0.05, 0.1) is 5.69 Å². The number of nitrogens with zero attached hydrogens (tertiary/aromatic N) is 1. The summed E-state index contributed by atoms with van der Waals surface area (Å²) < 4.78 is 21.4. The van der Waals surface area contributed by atoms with E-state index in [0.717, 1.165) is 67.9 Å². The third kappa shape index (κ3) is 2.65. The zero-order valence-electron chi connectivity index (χ0n) is 16.9. The molecule has 2 nitrogen and oxygen atoms in total. The Labute approximate surface area is 174 Å². The van der Waals surface area contributed by atoms with Crippen LogP contribution < -0.4 is 0 Å². The Kier molecular flexibility index (Phi) is 3.92. The summed E-state index contributed by atoms with van der Waals surface area (Å²) in [7, 11) is 0. The lowest BCUT2D eigenvalue weighted by Crippen LogP contribution is -1.98. The molecule has 0 spiro atoms. The van der Waals surface area contributed by atoms with Crippen LogP contribution in [0.15, 0.2) is 65.2 Å². The van der Waals surface area contributed by atoms with E-state index in [1.54, 1.807) is 6.07 Å². The molecule has 5 aromatic rings. The lowest BCUT2D eigenvalue weighted by atomic mass is 9.93. The van der Waals surface area contributed by atoms with Gasteiger partial charge in [-0.15, -0.1) is 0 Å². The van der Waals surface area contributed by atoms with E-state index in [-0.39, 0.29) is 5.82 Å². The van der Waals surface area contributed by atoms with Crippen LogP contribution in [0.4, 0.5) is 4.39 Å². The molecular weight excluding hydrogens is 373 g/mol. The first-order chi connectivity index (χ1) is 14.7. The van der Waals surface area contributed by atoms with Crippen molar-refractivity contribution in [2.24, 2.45) is 0 Å². The number of benzene rings is 3. The van der Waals surface area contributed by atoms with E-state index in [0.29, 0.717) is 5.92 Å². The van der Waals surface area contributed by atoms with E-state index in [2.05, 4.69) is 30.1 Å². The van der Waals surface area contributed by atoms with Crippen molar-refractivity contribution in [1.82, 2.24) is 4.98 Å². The molecule has 148 valence electrons. The molecule has 3 heteroatoms. The summed E-state index contributed by atoms with van der Waals surface area (Å²) in [5, 5.41) is 4.04. The summed E-state index contributed by atoms with van der Waals surface area (Å²) in [6, 6.07) is 18.0. The van der Waals surface area contributed by atoms with Crippen LogP contribution in [-0.4, -0.2) is 4.98 Å². The predicted octanol–water partition coefficient (Wildman–Crippen LogP) is 7.91. The fourth-order valence-electron chi connectivity index (χ4n) is 5.12. The lowest BCUT2D eigenvalue weighted by molar-refractivity contribution is 0.582. The first kappa shape index (κ1) is 17.6. The average molecular weight is 395 g/mol. The maximum absolute atomic E-state index is 15.2. The van der Waals surface area contributed by atoms with Gasteiger partial charge in [0.25, 0.3) is 0 Å². The smallest absolute Gasteiger partial charge is 0.144 e. The van der Waals surface area contributed by atoms with Gasteiger partial charge in [-0.25, -0.2) is 4.39 Å². The normalized spacial score (nSPS) is 15.0. The van der Waals surface area contributed by atoms with Gasteiger partial charge in [-0.05, 0) is 78.6 Å². The molecule has 3 aromatic carbocycles. The number of halogens is 1. The number of hydrogen-bond donors (Lipinski definition) is 0. The van der Waals surface area contributed by atoms with Gasteiger partial charge in [0.1, 0.15) is 17.0 Å². The van der Waals surface area contributed by atoms with E-state index < -0.39 is 0 Å². The monoisotopic (exact) mass is 395 g/mol. The molecule has 1 aliphatic rings. The summed E-state index contributed by atoms with van der Waals surface area (Å²) in [6.45, 7) is 2.08. The number of aromatic nitrogens is 1. The second-order valence-electron chi connectivity index (χ2n) is 8.52. The van der Waals surface area contributed by atoms with Crippen LogP contribution in [0.5, 0.6) is 0 Å². The number of aryl methyl sites for hydroxylation is 1. The maximum atomic E-state index is 15.2. The molecule has 2 aromatic heterocycles. The molecule has 0 bridgehead atoms. The largest absolute Gasteiger partial charge is 0.455 e. The summed E-state index contributed by atoms with van der Waals surface area (Å²) in [4.78, 5) is 4.68. The molecule has 1 aliphatic carbocycles. The quantitative estimate of drug-likeness (QED) is 0.303. The van der Waals surface area contributed by atoms with Gasteiger partial charge in [0.15, 0.2) is 0 Å². The summed E-state index contributed by atoms with van der Waals surface area (Å²) in [5.74, 6) is 0.226. The van der Waals surface area contributed by atoms with E-state index in [1.165, 1.54) is 12.8 Å². The van der Waals surface area contributed by atoms with Gasteiger partial charge in [0.2, 0.25) is 0 Å². The zero-order chi connectivity index (χ0) is 20.2. The number of pyridine rings is 1. The number of hydrogen-bond acceptors (Lipinski definition) is 2. The van der Waals surface area contributed by atoms with E-state index in [9.17, 15) is 0 Å². The Balaban J connectivity index is 1.63. The van der Waals surface area contributed by atoms with Crippen LogP contribution >= 0.6 is 0 Å². The minimum absolute atomic E-state index is 0.114. The Bertz CT molecular complexity index is 1430. The SMILES string of the molecule is Cc1cc(-c2nccc3cc(C4CCCC4)c(F)cc23)c2oc3ccccc3c2c1. The molecule has 0 unspecified atom stereocenters. The highest BCUT2D eigenvalue weighted by atomic mass is 19.1. The van der Waals surface area contributed by atoms with Crippen LogP contribution in [0.1, 0.15) is 42.7 Å². The Morgan fingerprint density at radius 3 is 2.63 bits per heavy atom. The van der Waals surface area contributed by atoms with Gasteiger partial charge in [-0.2, -0.15) is 0 Å². The molecule has 1 fully saturated rings. The van der Waals surface area contributed by atoms with Crippen LogP contribution in [0.2, 0.25) is 0 Å². The molecule has 0 aliphatic heterocycles. The standard InChI is InChI=1S/C27H22FNO/c1-16-12-22-19-8-4-5-9-25(19)30-27(22)23(13-16)26-21-15-24(28)20(17-6-2-3-7-17)14-18(21)10-11-29-26/h4-5,8-15,17H,2-3,6-7H2,1H3. The van der Waals surface area contributed by atoms with Crippen LogP contribution in [0.25, 0.3) is 44.0 Å². The fraction of sp³-hybridized carbons (Fsp3) is 0.222. The molecule has 0 N–H and O–H groups in total. The highest BCUT2D eigenvalue weighted by molar-refractivity contribution is 6.11. The van der Waals surface area contributed by atoms with Crippen molar-refractivity contribution in [1.29, 1.82) is 0 Å². The van der Waals surface area contributed by atoms with Gasteiger partial charge in [-0.3, -0.25) is 4.98 Å². The first-order valence-electron chi connectivity index (χ1n) is 10.7. The Morgan fingerprint density at radius 2 is 1.77 bits per heavy atom. The minimum atomic E-state index is -0.114. The van der Waals surface area contributed by atoms with Gasteiger partial charge < -0.3 is 4.42 Å². The predicted molar refractivity (Wildman–Crippen MR) is 120 cm³/mol. The molecule has 1 saturated carbocycles. The number of furan rings is 1. The zero-order valence-corrected chi connectivity index (χ0v) is 16.9. The molecular formula is C27H22FNO. The number of rotatable bonds is 2. The summed E-state index contributed by atoms with van der Waals surface area (Å²) in [6.07, 6.45) is 6.37. The summed E-state index contributed by atoms with van der Waals surface area (Å²) in [5.41, 5.74) is 5.34. The third-order valence-electron chi connectivity index (χ3n) is 6.55. The van der Waals surface area contributed by atoms with Crippen LogP contribution in [-0.2, 0) is 0 Å². The second kappa shape index (κ2) is 6.66. The topological polar surface area (TPSA) is 26.0 Å². The van der Waals surface area contributed by atoms with Crippen molar-refractivity contribution in [3.63, 3.8) is 0 Å². The van der Waals surface area contributed by atoms with Crippen LogP contribution in [0.3, 0.4) is 0 Å². The van der Waals surface area contributed by atoms with Crippen molar-refractivity contribution < 1.29 is 8.81 Å². The van der Waals surface area contributed by atoms with E-state index >= 15 is 4.39 Å². The van der Waals surface area contributed by atoms with Crippen molar-refractivity contribution in [3.05, 3.63) is 77.7 Å². The molecule has 2 heterocycles. The Morgan fingerprint density at radius 1 is 0.933 bits per heavy atom. The number of para-hydroxylation sites is 1. The molecule has 0 radical (unpaired) electrons. The average Bonchev–Trinajstić information content (AvgIpc) is 3.41. The minimum Gasteiger partial charge on any atom is -0.455 e. The van der Waals surface area contributed by atoms with E-state index in [4.69, 9.17) is 4.42 Å². The first-order valence-corrected chi connectivity index (χ1v) is 10.7. The molecule has 6 rings (SSSR count). The molecule has 0 saturated heterocycles. The fourth-order valence-corrected chi connectivity index (χ4v) is 5.12. The van der Waals surface area contributed by atoms with E-state index in [1.807, 2.05) is 36.5 Å². The summed E-state index contributed by atoms with van der Waals surface area (Å²) >= 11 is 0. The van der Waals surface area contributed by atoms with Gasteiger partial charge in [0, 0.05) is 27.9 Å². The van der Waals surface area contributed by atoms with Crippen molar-refractivity contribution >= 4 is 32.7 Å². The molecule has 0 atom stereocenters. The van der Waals surface area contributed by atoms with Crippen LogP contribution in [0, 0.1) is 12.7 Å². The highest BCUT2D eigenvalue weighted by Crippen LogP contribution is 2.41. The number of fused-ring (bicyclic) bond motifs is 4. The molecule has 0 amide bonds. The third-order valence-corrected chi connectivity index (χ3v) is 6.55. The maximum Gasteiger partial charge on any atom is 0.144 e. The van der Waals surface area contributed by atoms with Gasteiger partial charge in [-0.1, -0.05) is 31.0 Å². The Hall–Kier alpha value is -3.20. The second-order valence-corrected chi connectivity index (χ2v) is 8.52. The lowest BCUT2D eigenvalue weighted by Gasteiger charge is -2.14. The van der Waals surface area contributed by atoms with Crippen molar-refractivity contribution in [2.75, 3.05) is 0 Å². The van der Waals surface area contributed by atoms with Crippen molar-refractivity contribution in [2.45, 2.75) is 38.5 Å². The molecule has 30 heavy (non-hydrogen) atoms.